The second kappa shape index (κ2) is 11.0. The van der Waals surface area contributed by atoms with Crippen LogP contribution in [0.15, 0.2) is 0 Å². The Morgan fingerprint density at radius 3 is 1.93 bits per heavy atom. The van der Waals surface area contributed by atoms with Crippen LogP contribution in [0.2, 0.25) is 0 Å². The Hall–Kier alpha value is -0.0800. The Bertz CT molecular complexity index is 102. The van der Waals surface area contributed by atoms with Crippen LogP contribution < -0.4 is 0 Å². The summed E-state index contributed by atoms with van der Waals surface area (Å²) in [5.41, 5.74) is 0. The average Bonchev–Trinajstić information content (AvgIpc) is 2.15. The van der Waals surface area contributed by atoms with Crippen LogP contribution in [0.25, 0.3) is 0 Å². The fraction of sp³-hybridized carbons (Fsp3) is 1.00. The van der Waals surface area contributed by atoms with Gasteiger partial charge in [0, 0.05) is 6.61 Å². The summed E-state index contributed by atoms with van der Waals surface area (Å²) < 4.78 is 4.93. The normalized spacial score (nSPS) is 13.1. The van der Waals surface area contributed by atoms with Gasteiger partial charge in [-0.2, -0.15) is 0 Å². The predicted octanol–water partition coefficient (Wildman–Crippen LogP) is 3.92. The third-order valence-corrected chi connectivity index (χ3v) is 2.35. The maximum absolute atomic E-state index is 10.5. The molecule has 1 radical (unpaired) electrons. The monoisotopic (exact) mass is 201 g/mol. The zero-order chi connectivity index (χ0) is 10.6. The van der Waals surface area contributed by atoms with Crippen molar-refractivity contribution < 1.29 is 9.84 Å². The first-order chi connectivity index (χ1) is 6.77. The van der Waals surface area contributed by atoms with E-state index >= 15 is 0 Å². The highest BCUT2D eigenvalue weighted by atomic mass is 16.6. The van der Waals surface area contributed by atoms with Crippen LogP contribution in [0.5, 0.6) is 0 Å². The Morgan fingerprint density at radius 2 is 1.43 bits per heavy atom. The minimum atomic E-state index is -0.848. The van der Waals surface area contributed by atoms with Crippen LogP contribution >= 0.6 is 0 Å². The van der Waals surface area contributed by atoms with Gasteiger partial charge in [0.2, 0.25) is 0 Å². The number of hydrogen-bond acceptors (Lipinski definition) is 1. The Balaban J connectivity index is 2.85. The zero-order valence-corrected chi connectivity index (χ0v) is 9.76. The summed E-state index contributed by atoms with van der Waals surface area (Å²) >= 11 is 0. The van der Waals surface area contributed by atoms with Gasteiger partial charge in [-0.05, 0) is 13.3 Å². The largest absolute Gasteiger partial charge is 0.350 e. The standard InChI is InChI=1S/C12H25O2/c1-3-4-5-6-7-8-9-10-11-14-12(2)13/h12H,3-11H2,1-2H3. The fourth-order valence-corrected chi connectivity index (χ4v) is 1.49. The highest BCUT2D eigenvalue weighted by Crippen LogP contribution is 2.08. The first-order valence-corrected chi connectivity index (χ1v) is 6.04. The van der Waals surface area contributed by atoms with Gasteiger partial charge in [-0.1, -0.05) is 51.9 Å². The smallest absolute Gasteiger partial charge is 0.188 e. The molecular formula is C12H25O2. The lowest BCUT2D eigenvalue weighted by atomic mass is 10.1. The van der Waals surface area contributed by atoms with Crippen LogP contribution in [-0.2, 0) is 9.84 Å². The minimum Gasteiger partial charge on any atom is -0.350 e. The lowest BCUT2D eigenvalue weighted by molar-refractivity contribution is -0.127. The summed E-state index contributed by atoms with van der Waals surface area (Å²) in [6.07, 6.45) is 9.47. The van der Waals surface area contributed by atoms with Crippen molar-refractivity contribution in [2.45, 2.75) is 71.5 Å². The molecule has 2 heteroatoms. The van der Waals surface area contributed by atoms with E-state index in [2.05, 4.69) is 6.92 Å². The van der Waals surface area contributed by atoms with E-state index in [0.29, 0.717) is 6.61 Å². The van der Waals surface area contributed by atoms with E-state index in [-0.39, 0.29) is 0 Å². The molecule has 0 rings (SSSR count). The van der Waals surface area contributed by atoms with Gasteiger partial charge in [0.15, 0.2) is 6.29 Å². The van der Waals surface area contributed by atoms with Crippen LogP contribution in [0, 0.1) is 0 Å². The number of unbranched alkanes of at least 4 members (excludes halogenated alkanes) is 7. The maximum atomic E-state index is 10.5. The molecule has 0 bridgehead atoms. The molecule has 0 amide bonds. The van der Waals surface area contributed by atoms with E-state index in [1.165, 1.54) is 44.9 Å². The third-order valence-electron chi connectivity index (χ3n) is 2.35. The molecule has 0 saturated heterocycles. The van der Waals surface area contributed by atoms with Crippen molar-refractivity contribution in [1.82, 2.24) is 0 Å². The maximum Gasteiger partial charge on any atom is 0.188 e. The fourth-order valence-electron chi connectivity index (χ4n) is 1.49. The molecule has 0 N–H and O–H groups in total. The topological polar surface area (TPSA) is 29.1 Å². The van der Waals surface area contributed by atoms with Crippen molar-refractivity contribution in [1.29, 1.82) is 0 Å². The number of ether oxygens (including phenoxy) is 1. The molecule has 0 heterocycles. The van der Waals surface area contributed by atoms with Crippen molar-refractivity contribution in [3.8, 4) is 0 Å². The molecule has 0 aromatic carbocycles. The van der Waals surface area contributed by atoms with E-state index in [1.54, 1.807) is 6.92 Å². The van der Waals surface area contributed by atoms with Gasteiger partial charge in [0.25, 0.3) is 0 Å². The first kappa shape index (κ1) is 13.9. The average molecular weight is 201 g/mol. The summed E-state index contributed by atoms with van der Waals surface area (Å²) in [6, 6.07) is 0. The van der Waals surface area contributed by atoms with Crippen molar-refractivity contribution in [2.24, 2.45) is 0 Å². The van der Waals surface area contributed by atoms with Crippen LogP contribution in [-0.4, -0.2) is 12.9 Å². The lowest BCUT2D eigenvalue weighted by Crippen LogP contribution is -2.05. The third kappa shape index (κ3) is 11.9. The van der Waals surface area contributed by atoms with E-state index in [1.807, 2.05) is 0 Å². The van der Waals surface area contributed by atoms with Crippen molar-refractivity contribution in [2.75, 3.05) is 6.61 Å². The van der Waals surface area contributed by atoms with Gasteiger partial charge in [-0.25, -0.2) is 5.11 Å². The van der Waals surface area contributed by atoms with Gasteiger partial charge >= 0.3 is 0 Å². The summed E-state index contributed by atoms with van der Waals surface area (Å²) in [5, 5.41) is 10.5. The molecule has 14 heavy (non-hydrogen) atoms. The van der Waals surface area contributed by atoms with Gasteiger partial charge in [-0.15, -0.1) is 0 Å². The SMILES string of the molecule is CCCCCCCCCCOC(C)[O]. The Kier molecular flexibility index (Phi) is 10.9. The van der Waals surface area contributed by atoms with Crippen LogP contribution in [0.1, 0.15) is 65.2 Å². The van der Waals surface area contributed by atoms with Gasteiger partial charge in [0.05, 0.1) is 0 Å². The summed E-state index contributed by atoms with van der Waals surface area (Å²) in [4.78, 5) is 0. The Labute approximate surface area is 88.7 Å². The van der Waals surface area contributed by atoms with E-state index in [9.17, 15) is 5.11 Å². The molecule has 0 aromatic rings. The Morgan fingerprint density at radius 1 is 0.929 bits per heavy atom. The van der Waals surface area contributed by atoms with E-state index in [4.69, 9.17) is 4.74 Å². The molecule has 0 aliphatic heterocycles. The minimum absolute atomic E-state index is 0.639. The molecule has 1 unspecified atom stereocenters. The van der Waals surface area contributed by atoms with Crippen molar-refractivity contribution in [3.05, 3.63) is 0 Å². The van der Waals surface area contributed by atoms with E-state index < -0.39 is 6.29 Å². The predicted molar refractivity (Wildman–Crippen MR) is 58.7 cm³/mol. The molecule has 1 atom stereocenters. The van der Waals surface area contributed by atoms with Crippen molar-refractivity contribution >= 4 is 0 Å². The first-order valence-electron chi connectivity index (χ1n) is 6.04. The summed E-state index contributed by atoms with van der Waals surface area (Å²) in [7, 11) is 0. The zero-order valence-electron chi connectivity index (χ0n) is 9.76. The number of hydrogen-bond donors (Lipinski definition) is 0. The number of rotatable bonds is 10. The summed E-state index contributed by atoms with van der Waals surface area (Å²) in [5.74, 6) is 0. The van der Waals surface area contributed by atoms with Crippen LogP contribution in [0.4, 0.5) is 0 Å². The molecule has 0 fully saturated rings. The highest BCUT2D eigenvalue weighted by molar-refractivity contribution is 4.45. The van der Waals surface area contributed by atoms with Gasteiger partial charge in [-0.3, -0.25) is 0 Å². The molecule has 2 nitrogen and oxygen atoms in total. The van der Waals surface area contributed by atoms with Crippen LogP contribution in [0.3, 0.4) is 0 Å². The van der Waals surface area contributed by atoms with Crippen molar-refractivity contribution in [3.63, 3.8) is 0 Å². The molecular weight excluding hydrogens is 176 g/mol. The van der Waals surface area contributed by atoms with E-state index in [0.717, 1.165) is 6.42 Å². The molecule has 0 spiro atoms. The summed E-state index contributed by atoms with van der Waals surface area (Å²) in [6.45, 7) is 4.42. The lowest BCUT2D eigenvalue weighted by Gasteiger charge is -2.04. The highest BCUT2D eigenvalue weighted by Gasteiger charge is 1.96. The van der Waals surface area contributed by atoms with Gasteiger partial charge < -0.3 is 4.74 Å². The molecule has 0 saturated carbocycles. The second-order valence-corrected chi connectivity index (χ2v) is 3.91. The second-order valence-electron chi connectivity index (χ2n) is 3.91. The van der Waals surface area contributed by atoms with Gasteiger partial charge in [0.1, 0.15) is 0 Å². The quantitative estimate of drug-likeness (QED) is 0.389. The molecule has 0 aromatic heterocycles. The molecule has 0 aliphatic carbocycles. The molecule has 0 aliphatic rings. The molecule has 85 valence electrons.